The van der Waals surface area contributed by atoms with Gasteiger partial charge in [-0.25, -0.2) is 4.98 Å². The van der Waals surface area contributed by atoms with Crippen LogP contribution in [0.15, 0.2) is 30.7 Å². The molecule has 2 aromatic heterocycles. The second kappa shape index (κ2) is 3.83. The third kappa shape index (κ3) is 1.57. The van der Waals surface area contributed by atoms with Gasteiger partial charge in [-0.2, -0.15) is 0 Å². The van der Waals surface area contributed by atoms with Gasteiger partial charge in [-0.05, 0) is 24.5 Å². The summed E-state index contributed by atoms with van der Waals surface area (Å²) >= 11 is 5.86. The normalized spacial score (nSPS) is 18.4. The average Bonchev–Trinajstić information content (AvgIpc) is 2.72. The van der Waals surface area contributed by atoms with Crippen LogP contribution in [0.4, 0.5) is 0 Å². The number of pyridine rings is 1. The van der Waals surface area contributed by atoms with Crippen molar-refractivity contribution in [2.75, 3.05) is 0 Å². The lowest BCUT2D eigenvalue weighted by Crippen LogP contribution is -2.02. The topological polar surface area (TPSA) is 38.7 Å². The Bertz CT molecular complexity index is 527. The molecule has 0 spiro atoms. The number of rotatable bonds is 1. The molecule has 2 heterocycles. The summed E-state index contributed by atoms with van der Waals surface area (Å²) in [7, 11) is 0. The van der Waals surface area contributed by atoms with Crippen molar-refractivity contribution in [2.24, 2.45) is 0 Å². The van der Waals surface area contributed by atoms with E-state index in [1.807, 2.05) is 12.3 Å². The molecule has 0 fully saturated rings. The SMILES string of the molecule is Clc1cncc(C2CCc3cccnc32)n1. The van der Waals surface area contributed by atoms with Gasteiger partial charge in [0.2, 0.25) is 0 Å². The van der Waals surface area contributed by atoms with Crippen LogP contribution < -0.4 is 0 Å². The van der Waals surface area contributed by atoms with Gasteiger partial charge in [0.15, 0.2) is 0 Å². The number of halogens is 1. The van der Waals surface area contributed by atoms with Crippen molar-refractivity contribution in [3.63, 3.8) is 0 Å². The maximum Gasteiger partial charge on any atom is 0.147 e. The number of fused-ring (bicyclic) bond motifs is 1. The zero-order chi connectivity index (χ0) is 11.0. The summed E-state index contributed by atoms with van der Waals surface area (Å²) in [6.07, 6.45) is 7.26. The first-order valence-corrected chi connectivity index (χ1v) is 5.63. The molecule has 1 aliphatic rings. The monoisotopic (exact) mass is 231 g/mol. The molecule has 0 amide bonds. The summed E-state index contributed by atoms with van der Waals surface area (Å²) in [4.78, 5) is 12.8. The summed E-state index contributed by atoms with van der Waals surface area (Å²) in [6, 6.07) is 4.10. The molecule has 3 rings (SSSR count). The van der Waals surface area contributed by atoms with Crippen LogP contribution in [-0.2, 0) is 6.42 Å². The van der Waals surface area contributed by atoms with E-state index in [1.54, 1.807) is 12.4 Å². The fourth-order valence-electron chi connectivity index (χ4n) is 2.22. The minimum absolute atomic E-state index is 0.252. The maximum atomic E-state index is 5.86. The Morgan fingerprint density at radius 2 is 2.25 bits per heavy atom. The Labute approximate surface area is 98.5 Å². The second-order valence-corrected chi connectivity index (χ2v) is 4.29. The molecule has 0 N–H and O–H groups in total. The number of aryl methyl sites for hydroxylation is 1. The Morgan fingerprint density at radius 1 is 1.31 bits per heavy atom. The van der Waals surface area contributed by atoms with E-state index >= 15 is 0 Å². The van der Waals surface area contributed by atoms with Crippen LogP contribution in [0.3, 0.4) is 0 Å². The number of hydrogen-bond acceptors (Lipinski definition) is 3. The van der Waals surface area contributed by atoms with Crippen LogP contribution in [0.25, 0.3) is 0 Å². The largest absolute Gasteiger partial charge is 0.260 e. The van der Waals surface area contributed by atoms with Crippen molar-refractivity contribution < 1.29 is 0 Å². The van der Waals surface area contributed by atoms with Gasteiger partial charge in [0.25, 0.3) is 0 Å². The molecule has 1 aliphatic carbocycles. The van der Waals surface area contributed by atoms with Crippen molar-refractivity contribution in [2.45, 2.75) is 18.8 Å². The van der Waals surface area contributed by atoms with Crippen molar-refractivity contribution in [1.82, 2.24) is 15.0 Å². The lowest BCUT2D eigenvalue weighted by atomic mass is 10.0. The smallest absolute Gasteiger partial charge is 0.147 e. The first-order chi connectivity index (χ1) is 7.84. The summed E-state index contributed by atoms with van der Waals surface area (Å²) in [6.45, 7) is 0. The minimum atomic E-state index is 0.252. The third-order valence-electron chi connectivity index (χ3n) is 2.94. The molecule has 1 unspecified atom stereocenters. The van der Waals surface area contributed by atoms with Crippen LogP contribution in [0.1, 0.15) is 29.3 Å². The molecule has 0 aliphatic heterocycles. The highest BCUT2D eigenvalue weighted by atomic mass is 35.5. The van der Waals surface area contributed by atoms with Gasteiger partial charge in [-0.3, -0.25) is 9.97 Å². The highest BCUT2D eigenvalue weighted by molar-refractivity contribution is 6.29. The van der Waals surface area contributed by atoms with Gasteiger partial charge in [0, 0.05) is 18.3 Å². The zero-order valence-corrected chi connectivity index (χ0v) is 9.35. The molecule has 0 bridgehead atoms. The summed E-state index contributed by atoms with van der Waals surface area (Å²) in [5, 5.41) is 0.446. The van der Waals surface area contributed by atoms with E-state index in [9.17, 15) is 0 Å². The first kappa shape index (κ1) is 9.73. The average molecular weight is 232 g/mol. The Hall–Kier alpha value is -1.48. The Morgan fingerprint density at radius 3 is 3.12 bits per heavy atom. The van der Waals surface area contributed by atoms with E-state index in [4.69, 9.17) is 11.6 Å². The maximum absolute atomic E-state index is 5.86. The van der Waals surface area contributed by atoms with E-state index in [1.165, 1.54) is 5.56 Å². The standard InChI is InChI=1S/C12H10ClN3/c13-11-7-14-6-10(16-11)9-4-3-8-2-1-5-15-12(8)9/h1-2,5-7,9H,3-4H2. The summed E-state index contributed by atoms with van der Waals surface area (Å²) in [5.41, 5.74) is 3.36. The van der Waals surface area contributed by atoms with Gasteiger partial charge in [-0.15, -0.1) is 0 Å². The van der Waals surface area contributed by atoms with Crippen molar-refractivity contribution in [3.05, 3.63) is 52.8 Å². The van der Waals surface area contributed by atoms with Crippen LogP contribution in [-0.4, -0.2) is 15.0 Å². The van der Waals surface area contributed by atoms with E-state index in [0.29, 0.717) is 5.15 Å². The van der Waals surface area contributed by atoms with Gasteiger partial charge in [0.1, 0.15) is 5.15 Å². The van der Waals surface area contributed by atoms with E-state index in [0.717, 1.165) is 24.2 Å². The lowest BCUT2D eigenvalue weighted by molar-refractivity contribution is 0.740. The quantitative estimate of drug-likeness (QED) is 0.757. The molecule has 4 heteroatoms. The molecule has 1 atom stereocenters. The molecular formula is C12H10ClN3. The highest BCUT2D eigenvalue weighted by Crippen LogP contribution is 2.35. The van der Waals surface area contributed by atoms with E-state index < -0.39 is 0 Å². The van der Waals surface area contributed by atoms with Crippen molar-refractivity contribution in [3.8, 4) is 0 Å². The lowest BCUT2D eigenvalue weighted by Gasteiger charge is -2.09. The fraction of sp³-hybridized carbons (Fsp3) is 0.250. The van der Waals surface area contributed by atoms with Crippen LogP contribution in [0.2, 0.25) is 5.15 Å². The Balaban J connectivity index is 2.05. The molecule has 80 valence electrons. The molecular weight excluding hydrogens is 222 g/mol. The van der Waals surface area contributed by atoms with E-state index in [2.05, 4.69) is 21.0 Å². The number of nitrogens with zero attached hydrogens (tertiary/aromatic N) is 3. The molecule has 2 aromatic rings. The predicted molar refractivity (Wildman–Crippen MR) is 61.4 cm³/mol. The van der Waals surface area contributed by atoms with Gasteiger partial charge >= 0.3 is 0 Å². The van der Waals surface area contributed by atoms with Crippen LogP contribution >= 0.6 is 11.6 Å². The second-order valence-electron chi connectivity index (χ2n) is 3.91. The van der Waals surface area contributed by atoms with Gasteiger partial charge < -0.3 is 0 Å². The molecule has 0 radical (unpaired) electrons. The summed E-state index contributed by atoms with van der Waals surface area (Å²) < 4.78 is 0. The van der Waals surface area contributed by atoms with Crippen molar-refractivity contribution >= 4 is 11.6 Å². The molecule has 16 heavy (non-hydrogen) atoms. The third-order valence-corrected chi connectivity index (χ3v) is 3.12. The fourth-order valence-corrected chi connectivity index (χ4v) is 2.38. The Kier molecular flexibility index (Phi) is 2.33. The molecule has 0 saturated heterocycles. The van der Waals surface area contributed by atoms with Gasteiger partial charge in [0.05, 0.1) is 17.6 Å². The molecule has 0 saturated carbocycles. The minimum Gasteiger partial charge on any atom is -0.260 e. The van der Waals surface area contributed by atoms with Crippen LogP contribution in [0, 0.1) is 0 Å². The number of aromatic nitrogens is 3. The van der Waals surface area contributed by atoms with Gasteiger partial charge in [-0.1, -0.05) is 17.7 Å². The molecule has 3 nitrogen and oxygen atoms in total. The zero-order valence-electron chi connectivity index (χ0n) is 8.60. The highest BCUT2D eigenvalue weighted by Gasteiger charge is 2.26. The first-order valence-electron chi connectivity index (χ1n) is 5.26. The predicted octanol–water partition coefficient (Wildman–Crippen LogP) is 2.60. The molecule has 0 aromatic carbocycles. The number of hydrogen-bond donors (Lipinski definition) is 0. The van der Waals surface area contributed by atoms with Crippen molar-refractivity contribution in [1.29, 1.82) is 0 Å². The summed E-state index contributed by atoms with van der Waals surface area (Å²) in [5.74, 6) is 0.252. The van der Waals surface area contributed by atoms with Crippen LogP contribution in [0.5, 0.6) is 0 Å². The van der Waals surface area contributed by atoms with E-state index in [-0.39, 0.29) is 5.92 Å².